The molecule has 4 heteroatoms. The molecule has 0 radical (unpaired) electrons. The van der Waals surface area contributed by atoms with Crippen molar-refractivity contribution >= 4 is 73.0 Å². The van der Waals surface area contributed by atoms with Gasteiger partial charge in [0.1, 0.15) is 0 Å². The number of hydrogen-bond donors (Lipinski definition) is 0. The predicted molar refractivity (Wildman–Crippen MR) is 245 cm³/mol. The van der Waals surface area contributed by atoms with Crippen molar-refractivity contribution in [3.05, 3.63) is 224 Å². The van der Waals surface area contributed by atoms with Crippen molar-refractivity contribution < 1.29 is 0 Å². The molecular weight excluding hydrogens is 705 g/mol. The lowest BCUT2D eigenvalue weighted by molar-refractivity contribution is 0.745. The molecule has 0 saturated carbocycles. The third-order valence-corrected chi connectivity index (χ3v) is 11.9. The standard InChI is InChI=1S/C54H42N4/c1-5-17-39(18-6-1)55(45-33-35-53-49(37-45)47-25-13-15-27-51(47)57(53)41-21-9-3-10-22-41)43-29-31-44(32-30-43)56(40-19-7-2-8-20-40)46-34-36-54-50(38-46)48-26-14-16-28-52(48)58(54)42-23-11-4-12-24-42/h1-11,13-23,25-38,47,51H,12,24H2. The maximum absolute atomic E-state index is 2.49. The maximum Gasteiger partial charge on any atom is 0.0629 e. The molecule has 2 atom stereocenters. The Bertz CT molecular complexity index is 2900. The van der Waals surface area contributed by atoms with Crippen LogP contribution in [0, 0.1) is 0 Å². The van der Waals surface area contributed by atoms with Gasteiger partial charge in [-0.1, -0.05) is 109 Å². The topological polar surface area (TPSA) is 14.7 Å². The smallest absolute Gasteiger partial charge is 0.0629 e. The molecule has 1 aliphatic heterocycles. The highest BCUT2D eigenvalue weighted by Crippen LogP contribution is 2.50. The second-order valence-corrected chi connectivity index (χ2v) is 15.3. The van der Waals surface area contributed by atoms with E-state index in [-0.39, 0.29) is 12.0 Å². The average Bonchev–Trinajstić information content (AvgIpc) is 3.81. The SMILES string of the molecule is C1=CCCC(n2c3ccccc3c3cc(N(c4ccccc4)c4ccc(N(c5ccccc5)c5ccc6c(c5)C5C=CC=CC5N6c5ccccc5)cc4)ccc32)=C1. The first kappa shape index (κ1) is 34.0. The van der Waals surface area contributed by atoms with E-state index >= 15 is 0 Å². The summed E-state index contributed by atoms with van der Waals surface area (Å²) in [5.41, 5.74) is 14.3. The zero-order chi connectivity index (χ0) is 38.4. The molecule has 8 aromatic rings. The van der Waals surface area contributed by atoms with E-state index in [0.717, 1.165) is 47.0 Å². The van der Waals surface area contributed by atoms with Gasteiger partial charge in [-0.3, -0.25) is 0 Å². The summed E-state index contributed by atoms with van der Waals surface area (Å²) in [7, 11) is 0. The van der Waals surface area contributed by atoms with Crippen molar-refractivity contribution in [2.24, 2.45) is 0 Å². The summed E-state index contributed by atoms with van der Waals surface area (Å²) >= 11 is 0. The Morgan fingerprint density at radius 2 is 1.03 bits per heavy atom. The zero-order valence-corrected chi connectivity index (χ0v) is 32.1. The maximum atomic E-state index is 2.49. The van der Waals surface area contributed by atoms with E-state index in [0.29, 0.717) is 0 Å². The van der Waals surface area contributed by atoms with E-state index in [4.69, 9.17) is 0 Å². The molecule has 0 N–H and O–H groups in total. The van der Waals surface area contributed by atoms with Gasteiger partial charge in [0, 0.05) is 67.9 Å². The number of anilines is 8. The third-order valence-electron chi connectivity index (χ3n) is 11.9. The van der Waals surface area contributed by atoms with Crippen LogP contribution in [0.3, 0.4) is 0 Å². The molecule has 0 saturated heterocycles. The molecule has 278 valence electrons. The van der Waals surface area contributed by atoms with E-state index in [1.54, 1.807) is 0 Å². The molecule has 4 nitrogen and oxygen atoms in total. The molecule has 2 aliphatic carbocycles. The summed E-state index contributed by atoms with van der Waals surface area (Å²) < 4.78 is 2.46. The van der Waals surface area contributed by atoms with E-state index in [2.05, 4.69) is 238 Å². The largest absolute Gasteiger partial charge is 0.333 e. The minimum absolute atomic E-state index is 0.239. The quantitative estimate of drug-likeness (QED) is 0.154. The lowest BCUT2D eigenvalue weighted by Crippen LogP contribution is -2.28. The van der Waals surface area contributed by atoms with Gasteiger partial charge in [-0.05, 0) is 128 Å². The number of benzene rings is 7. The molecule has 58 heavy (non-hydrogen) atoms. The monoisotopic (exact) mass is 746 g/mol. The lowest BCUT2D eigenvalue weighted by Gasteiger charge is -2.29. The van der Waals surface area contributed by atoms with E-state index in [9.17, 15) is 0 Å². The highest BCUT2D eigenvalue weighted by molar-refractivity contribution is 6.11. The second-order valence-electron chi connectivity index (χ2n) is 15.3. The lowest BCUT2D eigenvalue weighted by atomic mass is 9.91. The molecule has 0 fully saturated rings. The van der Waals surface area contributed by atoms with E-state index < -0.39 is 0 Å². The van der Waals surface area contributed by atoms with Crippen molar-refractivity contribution in [3.8, 4) is 0 Å². The minimum atomic E-state index is 0.239. The van der Waals surface area contributed by atoms with Crippen LogP contribution < -0.4 is 14.7 Å². The van der Waals surface area contributed by atoms with Crippen LogP contribution in [0.15, 0.2) is 218 Å². The molecule has 0 spiro atoms. The van der Waals surface area contributed by atoms with E-state index in [1.807, 2.05) is 0 Å². The Hall–Kier alpha value is -7.30. The minimum Gasteiger partial charge on any atom is -0.333 e. The number of allylic oxidation sites excluding steroid dienone is 6. The molecule has 0 bridgehead atoms. The first-order valence-corrected chi connectivity index (χ1v) is 20.3. The molecule has 2 heterocycles. The van der Waals surface area contributed by atoms with Crippen molar-refractivity contribution in [1.82, 2.24) is 4.57 Å². The van der Waals surface area contributed by atoms with Crippen molar-refractivity contribution in [2.75, 3.05) is 14.7 Å². The Balaban J connectivity index is 1.01. The van der Waals surface area contributed by atoms with Gasteiger partial charge in [-0.15, -0.1) is 0 Å². The molecular formula is C54H42N4. The van der Waals surface area contributed by atoms with Crippen LogP contribution in [0.25, 0.3) is 27.5 Å². The van der Waals surface area contributed by atoms with Gasteiger partial charge in [0.05, 0.1) is 17.1 Å². The number of nitrogens with zero attached hydrogens (tertiary/aromatic N) is 4. The zero-order valence-electron chi connectivity index (χ0n) is 32.1. The summed E-state index contributed by atoms with van der Waals surface area (Å²) in [5.74, 6) is 0.266. The molecule has 11 rings (SSSR count). The first-order chi connectivity index (χ1) is 28.8. The van der Waals surface area contributed by atoms with Crippen LogP contribution in [-0.2, 0) is 0 Å². The van der Waals surface area contributed by atoms with Crippen LogP contribution in [-0.4, -0.2) is 10.6 Å². The van der Waals surface area contributed by atoms with E-state index in [1.165, 1.54) is 44.4 Å². The normalized spacial score (nSPS) is 16.7. The average molecular weight is 747 g/mol. The third kappa shape index (κ3) is 5.76. The summed E-state index contributed by atoms with van der Waals surface area (Å²) in [4.78, 5) is 7.25. The molecule has 7 aromatic carbocycles. The van der Waals surface area contributed by atoms with Crippen LogP contribution in [0.1, 0.15) is 24.3 Å². The fraction of sp³-hybridized carbons (Fsp3) is 0.0741. The number of aromatic nitrogens is 1. The fourth-order valence-electron chi connectivity index (χ4n) is 9.34. The molecule has 2 unspecified atom stereocenters. The fourth-order valence-corrected chi connectivity index (χ4v) is 9.34. The van der Waals surface area contributed by atoms with Crippen LogP contribution in [0.5, 0.6) is 0 Å². The summed E-state index contributed by atoms with van der Waals surface area (Å²) in [6.45, 7) is 0. The van der Waals surface area contributed by atoms with Gasteiger partial charge in [0.25, 0.3) is 0 Å². The second kappa shape index (κ2) is 14.3. The summed E-state index contributed by atoms with van der Waals surface area (Å²) in [6.07, 6.45) is 17.9. The number of fused-ring (bicyclic) bond motifs is 6. The van der Waals surface area contributed by atoms with Crippen molar-refractivity contribution in [1.29, 1.82) is 0 Å². The molecule has 3 aliphatic rings. The van der Waals surface area contributed by atoms with Gasteiger partial charge in [0.15, 0.2) is 0 Å². The Morgan fingerprint density at radius 3 is 1.72 bits per heavy atom. The van der Waals surface area contributed by atoms with Crippen LogP contribution in [0.2, 0.25) is 0 Å². The van der Waals surface area contributed by atoms with Gasteiger partial charge in [-0.2, -0.15) is 0 Å². The predicted octanol–water partition coefficient (Wildman–Crippen LogP) is 14.7. The highest BCUT2D eigenvalue weighted by Gasteiger charge is 2.38. The number of para-hydroxylation sites is 4. The van der Waals surface area contributed by atoms with Gasteiger partial charge in [-0.25, -0.2) is 0 Å². The highest BCUT2D eigenvalue weighted by atomic mass is 15.2. The first-order valence-electron chi connectivity index (χ1n) is 20.3. The van der Waals surface area contributed by atoms with Crippen molar-refractivity contribution in [3.63, 3.8) is 0 Å². The van der Waals surface area contributed by atoms with Gasteiger partial charge >= 0.3 is 0 Å². The van der Waals surface area contributed by atoms with Gasteiger partial charge < -0.3 is 19.3 Å². The molecule has 1 aromatic heterocycles. The van der Waals surface area contributed by atoms with Crippen LogP contribution in [0.4, 0.5) is 45.5 Å². The Kier molecular flexibility index (Phi) is 8.40. The Morgan fingerprint density at radius 1 is 0.466 bits per heavy atom. The summed E-state index contributed by atoms with van der Waals surface area (Å²) in [5, 5.41) is 2.52. The summed E-state index contributed by atoms with van der Waals surface area (Å²) in [6, 6.07) is 64.3. The van der Waals surface area contributed by atoms with Gasteiger partial charge in [0.2, 0.25) is 0 Å². The van der Waals surface area contributed by atoms with Crippen LogP contribution >= 0.6 is 0 Å². The number of rotatable bonds is 8. The number of hydrogen-bond acceptors (Lipinski definition) is 3. The molecule has 0 amide bonds. The Labute approximate surface area is 339 Å². The van der Waals surface area contributed by atoms with Crippen molar-refractivity contribution in [2.45, 2.75) is 24.8 Å².